The molecule has 0 aromatic rings. The number of allylic oxidation sites excluding steroid dienone is 2. The Balaban J connectivity index is 2.46. The summed E-state index contributed by atoms with van der Waals surface area (Å²) in [6.07, 6.45) is 8.10. The van der Waals surface area contributed by atoms with Crippen LogP contribution in [0.4, 0.5) is 0 Å². The maximum absolute atomic E-state index is 11.1. The zero-order valence-corrected chi connectivity index (χ0v) is 9.07. The van der Waals surface area contributed by atoms with E-state index in [1.807, 2.05) is 0 Å². The van der Waals surface area contributed by atoms with Crippen molar-refractivity contribution in [3.05, 3.63) is 12.2 Å². The molecule has 0 bridgehead atoms. The second-order valence-electron chi connectivity index (χ2n) is 4.59. The topological polar surface area (TPSA) is 37.3 Å². The van der Waals surface area contributed by atoms with E-state index in [4.69, 9.17) is 5.11 Å². The average molecular weight is 196 g/mol. The predicted octanol–water partition coefficient (Wildman–Crippen LogP) is 3.09. The standard InChI is InChI=1S/C12H20O2/c1-9(2)7-8-11(12(13)14)10-5-3-4-6-10/h3,5,9-11H,4,6-8H2,1-2H3,(H,13,14). The van der Waals surface area contributed by atoms with Crippen molar-refractivity contribution in [2.45, 2.75) is 39.5 Å². The zero-order valence-electron chi connectivity index (χ0n) is 9.07. The highest BCUT2D eigenvalue weighted by molar-refractivity contribution is 5.70. The molecule has 0 radical (unpaired) electrons. The molecule has 14 heavy (non-hydrogen) atoms. The minimum atomic E-state index is -0.623. The summed E-state index contributed by atoms with van der Waals surface area (Å²) in [4.78, 5) is 11.1. The van der Waals surface area contributed by atoms with Gasteiger partial charge in [-0.25, -0.2) is 0 Å². The van der Waals surface area contributed by atoms with E-state index in [9.17, 15) is 4.79 Å². The van der Waals surface area contributed by atoms with Crippen LogP contribution < -0.4 is 0 Å². The minimum absolute atomic E-state index is 0.156. The lowest BCUT2D eigenvalue weighted by molar-refractivity contribution is -0.143. The van der Waals surface area contributed by atoms with Crippen molar-refractivity contribution in [3.63, 3.8) is 0 Å². The Morgan fingerprint density at radius 2 is 2.21 bits per heavy atom. The van der Waals surface area contributed by atoms with Crippen LogP contribution in [0.5, 0.6) is 0 Å². The molecule has 2 atom stereocenters. The summed E-state index contributed by atoms with van der Waals surface area (Å²) in [5.41, 5.74) is 0. The van der Waals surface area contributed by atoms with Gasteiger partial charge in [-0.3, -0.25) is 4.79 Å². The molecule has 1 aliphatic rings. The average Bonchev–Trinajstić information content (AvgIpc) is 2.56. The predicted molar refractivity (Wildman–Crippen MR) is 57.1 cm³/mol. The van der Waals surface area contributed by atoms with Crippen LogP contribution in [0.15, 0.2) is 12.2 Å². The smallest absolute Gasteiger partial charge is 0.307 e. The third kappa shape index (κ3) is 3.17. The number of carbonyl (C=O) groups is 1. The van der Waals surface area contributed by atoms with Gasteiger partial charge in [-0.05, 0) is 31.1 Å². The summed E-state index contributed by atoms with van der Waals surface area (Å²) in [6, 6.07) is 0. The molecule has 0 amide bonds. The van der Waals surface area contributed by atoms with Gasteiger partial charge in [0.2, 0.25) is 0 Å². The van der Waals surface area contributed by atoms with Crippen LogP contribution in [0.3, 0.4) is 0 Å². The largest absolute Gasteiger partial charge is 0.481 e. The second kappa shape index (κ2) is 5.18. The molecule has 0 fully saturated rings. The van der Waals surface area contributed by atoms with Crippen LogP contribution in [0.2, 0.25) is 0 Å². The molecule has 0 aromatic heterocycles. The summed E-state index contributed by atoms with van der Waals surface area (Å²) >= 11 is 0. The van der Waals surface area contributed by atoms with E-state index >= 15 is 0 Å². The van der Waals surface area contributed by atoms with Crippen LogP contribution in [0, 0.1) is 17.8 Å². The number of hydrogen-bond acceptors (Lipinski definition) is 1. The molecule has 2 heteroatoms. The molecular weight excluding hydrogens is 176 g/mol. The van der Waals surface area contributed by atoms with Gasteiger partial charge < -0.3 is 5.11 Å². The number of rotatable bonds is 5. The van der Waals surface area contributed by atoms with E-state index in [1.54, 1.807) is 0 Å². The summed E-state index contributed by atoms with van der Waals surface area (Å²) in [7, 11) is 0. The summed E-state index contributed by atoms with van der Waals surface area (Å²) in [5.74, 6) is 0.104. The Kier molecular flexibility index (Phi) is 4.18. The molecule has 0 spiro atoms. The fourth-order valence-corrected chi connectivity index (χ4v) is 2.02. The molecule has 1 aliphatic carbocycles. The van der Waals surface area contributed by atoms with Gasteiger partial charge in [0.05, 0.1) is 5.92 Å². The van der Waals surface area contributed by atoms with Gasteiger partial charge in [0.1, 0.15) is 0 Å². The molecule has 0 heterocycles. The molecule has 0 aliphatic heterocycles. The molecule has 2 nitrogen and oxygen atoms in total. The molecule has 0 saturated heterocycles. The Morgan fingerprint density at radius 1 is 1.50 bits per heavy atom. The fraction of sp³-hybridized carbons (Fsp3) is 0.750. The highest BCUT2D eigenvalue weighted by Crippen LogP contribution is 2.29. The van der Waals surface area contributed by atoms with E-state index < -0.39 is 5.97 Å². The van der Waals surface area contributed by atoms with Crippen LogP contribution in [-0.2, 0) is 4.79 Å². The van der Waals surface area contributed by atoms with Gasteiger partial charge in [-0.15, -0.1) is 0 Å². The molecule has 0 aromatic carbocycles. The Hall–Kier alpha value is -0.790. The first-order chi connectivity index (χ1) is 6.61. The maximum Gasteiger partial charge on any atom is 0.307 e. The van der Waals surface area contributed by atoms with Gasteiger partial charge in [0, 0.05) is 0 Å². The van der Waals surface area contributed by atoms with Crippen LogP contribution in [-0.4, -0.2) is 11.1 Å². The number of carboxylic acids is 1. The second-order valence-corrected chi connectivity index (χ2v) is 4.59. The van der Waals surface area contributed by atoms with Gasteiger partial charge in [-0.1, -0.05) is 32.4 Å². The lowest BCUT2D eigenvalue weighted by atomic mass is 9.86. The molecule has 2 unspecified atom stereocenters. The number of carboxylic acid groups (broad SMARTS) is 1. The lowest BCUT2D eigenvalue weighted by Gasteiger charge is -2.18. The highest BCUT2D eigenvalue weighted by Gasteiger charge is 2.27. The maximum atomic E-state index is 11.1. The third-order valence-corrected chi connectivity index (χ3v) is 2.94. The molecule has 1 rings (SSSR count). The highest BCUT2D eigenvalue weighted by atomic mass is 16.4. The van der Waals surface area contributed by atoms with E-state index in [1.165, 1.54) is 0 Å². The molecule has 1 N–H and O–H groups in total. The van der Waals surface area contributed by atoms with Crippen molar-refractivity contribution >= 4 is 5.97 Å². The minimum Gasteiger partial charge on any atom is -0.481 e. The molecule has 0 saturated carbocycles. The zero-order chi connectivity index (χ0) is 10.6. The van der Waals surface area contributed by atoms with Gasteiger partial charge in [0.15, 0.2) is 0 Å². The Bertz CT molecular complexity index is 218. The van der Waals surface area contributed by atoms with Crippen molar-refractivity contribution in [2.75, 3.05) is 0 Å². The SMILES string of the molecule is CC(C)CCC(C(=O)O)C1C=CCC1. The van der Waals surface area contributed by atoms with Gasteiger partial charge in [0.25, 0.3) is 0 Å². The normalized spacial score (nSPS) is 22.9. The van der Waals surface area contributed by atoms with Crippen LogP contribution in [0.25, 0.3) is 0 Å². The van der Waals surface area contributed by atoms with Gasteiger partial charge >= 0.3 is 5.97 Å². The quantitative estimate of drug-likeness (QED) is 0.686. The van der Waals surface area contributed by atoms with Crippen LogP contribution >= 0.6 is 0 Å². The van der Waals surface area contributed by atoms with E-state index in [-0.39, 0.29) is 11.8 Å². The summed E-state index contributed by atoms with van der Waals surface area (Å²) in [5, 5.41) is 9.11. The lowest BCUT2D eigenvalue weighted by Crippen LogP contribution is -2.21. The summed E-state index contributed by atoms with van der Waals surface area (Å²) < 4.78 is 0. The Morgan fingerprint density at radius 3 is 2.64 bits per heavy atom. The summed E-state index contributed by atoms with van der Waals surface area (Å²) in [6.45, 7) is 4.28. The number of aliphatic carboxylic acids is 1. The fourth-order valence-electron chi connectivity index (χ4n) is 2.02. The molecule has 80 valence electrons. The van der Waals surface area contributed by atoms with Gasteiger partial charge in [-0.2, -0.15) is 0 Å². The first-order valence-corrected chi connectivity index (χ1v) is 5.50. The number of hydrogen-bond donors (Lipinski definition) is 1. The van der Waals surface area contributed by atoms with Crippen molar-refractivity contribution < 1.29 is 9.90 Å². The first-order valence-electron chi connectivity index (χ1n) is 5.50. The van der Waals surface area contributed by atoms with E-state index in [0.717, 1.165) is 25.7 Å². The third-order valence-electron chi connectivity index (χ3n) is 2.94. The first kappa shape index (κ1) is 11.3. The van der Waals surface area contributed by atoms with E-state index in [0.29, 0.717) is 5.92 Å². The van der Waals surface area contributed by atoms with Crippen LogP contribution in [0.1, 0.15) is 39.5 Å². The van der Waals surface area contributed by atoms with E-state index in [2.05, 4.69) is 26.0 Å². The monoisotopic (exact) mass is 196 g/mol. The Labute approximate surface area is 86.0 Å². The molecular formula is C12H20O2. The van der Waals surface area contributed by atoms with Crippen molar-refractivity contribution in [1.29, 1.82) is 0 Å². The van der Waals surface area contributed by atoms with Crippen molar-refractivity contribution in [3.8, 4) is 0 Å². The van der Waals surface area contributed by atoms with Crippen molar-refractivity contribution in [2.24, 2.45) is 17.8 Å². The van der Waals surface area contributed by atoms with Crippen molar-refractivity contribution in [1.82, 2.24) is 0 Å².